The predicted octanol–water partition coefficient (Wildman–Crippen LogP) is 3.37. The zero-order valence-corrected chi connectivity index (χ0v) is 15.8. The molecule has 0 radical (unpaired) electrons. The van der Waals surface area contributed by atoms with Gasteiger partial charge in [0.1, 0.15) is 28.5 Å². The molecule has 1 unspecified atom stereocenters. The van der Waals surface area contributed by atoms with E-state index in [-0.39, 0.29) is 34.1 Å². The minimum Gasteiger partial charge on any atom is -0.495 e. The minimum atomic E-state index is -0.898. The molecule has 0 amide bonds. The molecule has 0 saturated carbocycles. The lowest BCUT2D eigenvalue weighted by atomic mass is 9.87. The lowest BCUT2D eigenvalue weighted by Gasteiger charge is -2.25. The lowest BCUT2D eigenvalue weighted by molar-refractivity contribution is 0.367. The summed E-state index contributed by atoms with van der Waals surface area (Å²) in [6.45, 7) is 0. The second kappa shape index (κ2) is 6.35. The van der Waals surface area contributed by atoms with E-state index < -0.39 is 11.5 Å². The van der Waals surface area contributed by atoms with Crippen LogP contribution in [0.1, 0.15) is 17.2 Å². The molecule has 4 aromatic rings. The maximum absolute atomic E-state index is 13.1. The van der Waals surface area contributed by atoms with E-state index in [9.17, 15) is 10.1 Å². The molecular weight excluding hydrogens is 392 g/mol. The normalized spacial score (nSPS) is 15.7. The number of fused-ring (bicyclic) bond motifs is 4. The molecular formula is C21H14N2O7. The molecule has 1 atom stereocenters. The number of hydrogen-bond acceptors (Lipinski definition) is 9. The number of nitrogens with two attached hydrogens (primary N) is 1. The zero-order valence-electron chi connectivity index (χ0n) is 15.8. The number of nitriles is 1. The number of benzene rings is 1. The number of rotatable bonds is 3. The van der Waals surface area contributed by atoms with Crippen LogP contribution in [0.4, 0.5) is 0 Å². The van der Waals surface area contributed by atoms with Crippen molar-refractivity contribution in [3.63, 3.8) is 0 Å². The fraction of sp³-hybridized carbons (Fsp3) is 0.143. The van der Waals surface area contributed by atoms with Crippen molar-refractivity contribution in [3.8, 4) is 23.3 Å². The van der Waals surface area contributed by atoms with Gasteiger partial charge in [-0.15, -0.1) is 0 Å². The van der Waals surface area contributed by atoms with Crippen molar-refractivity contribution >= 4 is 21.9 Å². The van der Waals surface area contributed by atoms with Crippen molar-refractivity contribution in [3.05, 3.63) is 63.9 Å². The quantitative estimate of drug-likeness (QED) is 0.508. The Morgan fingerprint density at radius 3 is 2.57 bits per heavy atom. The first-order chi connectivity index (χ1) is 14.6. The summed E-state index contributed by atoms with van der Waals surface area (Å²) in [7, 11) is 2.90. The highest BCUT2D eigenvalue weighted by Crippen LogP contribution is 2.51. The van der Waals surface area contributed by atoms with Gasteiger partial charge in [0, 0.05) is 0 Å². The number of hydrogen-bond donors (Lipinski definition) is 1. The third-order valence-corrected chi connectivity index (χ3v) is 5.07. The van der Waals surface area contributed by atoms with Crippen LogP contribution in [0.2, 0.25) is 0 Å². The largest absolute Gasteiger partial charge is 0.495 e. The number of ether oxygens (including phenoxy) is 3. The Hall–Kier alpha value is -4.32. The van der Waals surface area contributed by atoms with E-state index >= 15 is 0 Å². The van der Waals surface area contributed by atoms with Gasteiger partial charge in [-0.2, -0.15) is 5.26 Å². The average molecular weight is 406 g/mol. The average Bonchev–Trinajstić information content (AvgIpc) is 3.43. The molecule has 9 heteroatoms. The van der Waals surface area contributed by atoms with Gasteiger partial charge in [0.2, 0.25) is 11.6 Å². The third kappa shape index (κ3) is 2.18. The Labute approximate surface area is 168 Å². The van der Waals surface area contributed by atoms with Gasteiger partial charge >= 0.3 is 5.63 Å². The molecule has 0 fully saturated rings. The molecule has 1 aliphatic rings. The maximum atomic E-state index is 13.1. The Morgan fingerprint density at radius 2 is 1.90 bits per heavy atom. The van der Waals surface area contributed by atoms with Crippen LogP contribution in [-0.2, 0) is 0 Å². The van der Waals surface area contributed by atoms with Gasteiger partial charge in [-0.25, -0.2) is 4.79 Å². The molecule has 1 aliphatic heterocycles. The van der Waals surface area contributed by atoms with Gasteiger partial charge < -0.3 is 33.2 Å². The molecule has 1 aromatic carbocycles. The summed E-state index contributed by atoms with van der Waals surface area (Å²) >= 11 is 0. The summed E-state index contributed by atoms with van der Waals surface area (Å²) in [4.78, 5) is 13.1. The van der Waals surface area contributed by atoms with Crippen molar-refractivity contribution in [1.82, 2.24) is 0 Å². The van der Waals surface area contributed by atoms with Gasteiger partial charge in [0.05, 0.1) is 43.6 Å². The second-order valence-corrected chi connectivity index (χ2v) is 6.51. The smallest absolute Gasteiger partial charge is 0.344 e. The number of methoxy groups -OCH3 is 2. The molecule has 0 bridgehead atoms. The van der Waals surface area contributed by atoms with Crippen LogP contribution in [0.25, 0.3) is 21.9 Å². The van der Waals surface area contributed by atoms with Crippen LogP contribution < -0.4 is 25.6 Å². The van der Waals surface area contributed by atoms with Gasteiger partial charge in [-0.05, 0) is 18.2 Å². The van der Waals surface area contributed by atoms with E-state index in [0.717, 1.165) is 0 Å². The van der Waals surface area contributed by atoms with E-state index in [0.29, 0.717) is 27.9 Å². The van der Waals surface area contributed by atoms with E-state index in [2.05, 4.69) is 0 Å². The van der Waals surface area contributed by atoms with E-state index in [1.807, 2.05) is 6.07 Å². The summed E-state index contributed by atoms with van der Waals surface area (Å²) < 4.78 is 33.5. The van der Waals surface area contributed by atoms with Crippen LogP contribution in [-0.4, -0.2) is 14.2 Å². The first kappa shape index (κ1) is 17.8. The van der Waals surface area contributed by atoms with Gasteiger partial charge in [0.15, 0.2) is 16.9 Å². The van der Waals surface area contributed by atoms with Crippen molar-refractivity contribution in [2.45, 2.75) is 5.92 Å². The summed E-state index contributed by atoms with van der Waals surface area (Å²) in [5.74, 6) is -0.0337. The topological polar surface area (TPSA) is 134 Å². The first-order valence-corrected chi connectivity index (χ1v) is 8.83. The molecule has 2 N–H and O–H groups in total. The number of furan rings is 2. The predicted molar refractivity (Wildman–Crippen MR) is 103 cm³/mol. The minimum absolute atomic E-state index is 0.0411. The Bertz CT molecular complexity index is 1430. The molecule has 0 spiro atoms. The summed E-state index contributed by atoms with van der Waals surface area (Å²) in [5, 5.41) is 10.6. The maximum Gasteiger partial charge on any atom is 0.344 e. The third-order valence-electron chi connectivity index (χ3n) is 5.07. The number of nitrogens with zero attached hydrogens (tertiary/aromatic N) is 1. The van der Waals surface area contributed by atoms with Crippen molar-refractivity contribution in [1.29, 1.82) is 5.26 Å². The van der Waals surface area contributed by atoms with Gasteiger partial charge in [0.25, 0.3) is 0 Å². The second-order valence-electron chi connectivity index (χ2n) is 6.51. The Morgan fingerprint density at radius 1 is 1.10 bits per heavy atom. The number of allylic oxidation sites excluding steroid dienone is 1. The summed E-state index contributed by atoms with van der Waals surface area (Å²) in [5.41, 5.74) is 5.88. The van der Waals surface area contributed by atoms with Crippen molar-refractivity contribution < 1.29 is 27.5 Å². The Kier molecular flexibility index (Phi) is 3.76. The molecule has 4 heterocycles. The first-order valence-electron chi connectivity index (χ1n) is 8.83. The highest BCUT2D eigenvalue weighted by atomic mass is 16.5. The van der Waals surface area contributed by atoms with Gasteiger partial charge in [-0.1, -0.05) is 0 Å². The fourth-order valence-electron chi connectivity index (χ4n) is 3.86. The SMILES string of the molecule is COc1c2occc2c(OC)c2c3c(c(=O)oc12)C(c1ccco1)C(C#N)=C(N)O3. The van der Waals surface area contributed by atoms with E-state index in [1.165, 1.54) is 26.7 Å². The summed E-state index contributed by atoms with van der Waals surface area (Å²) in [6.07, 6.45) is 2.91. The molecule has 3 aromatic heterocycles. The van der Waals surface area contributed by atoms with E-state index in [4.69, 9.17) is 33.2 Å². The highest BCUT2D eigenvalue weighted by molar-refractivity contribution is 6.09. The zero-order chi connectivity index (χ0) is 21.0. The standard InChI is InChI=1S/C21H14N2O7/c1-25-15-9-5-7-28-16(9)19(26-2)18-14(15)17-13(21(24)30-18)12(11-4-3-6-27-11)10(8-22)20(23)29-17/h3-7,12H,23H2,1-2H3. The molecule has 5 rings (SSSR count). The molecule has 0 saturated heterocycles. The van der Waals surface area contributed by atoms with Crippen LogP contribution in [0.15, 0.2) is 60.2 Å². The molecule has 0 aliphatic carbocycles. The van der Waals surface area contributed by atoms with Crippen LogP contribution in [0.5, 0.6) is 17.2 Å². The monoisotopic (exact) mass is 406 g/mol. The molecule has 150 valence electrons. The van der Waals surface area contributed by atoms with E-state index in [1.54, 1.807) is 18.2 Å². The summed E-state index contributed by atoms with van der Waals surface area (Å²) in [6, 6.07) is 6.99. The van der Waals surface area contributed by atoms with Crippen LogP contribution in [0, 0.1) is 11.3 Å². The van der Waals surface area contributed by atoms with Crippen molar-refractivity contribution in [2.75, 3.05) is 14.2 Å². The van der Waals surface area contributed by atoms with Crippen LogP contribution >= 0.6 is 0 Å². The molecule has 30 heavy (non-hydrogen) atoms. The fourth-order valence-corrected chi connectivity index (χ4v) is 3.86. The lowest BCUT2D eigenvalue weighted by Crippen LogP contribution is -2.26. The highest BCUT2D eigenvalue weighted by Gasteiger charge is 2.39. The molecule has 9 nitrogen and oxygen atoms in total. The van der Waals surface area contributed by atoms with Crippen LogP contribution in [0.3, 0.4) is 0 Å². The van der Waals surface area contributed by atoms with Gasteiger partial charge in [-0.3, -0.25) is 0 Å². The Balaban J connectivity index is 1.99. The van der Waals surface area contributed by atoms with Crippen molar-refractivity contribution in [2.24, 2.45) is 5.73 Å².